The number of hydrogen-bond donors (Lipinski definition) is 0. The molecule has 2 aromatic rings. The molecule has 0 saturated heterocycles. The lowest BCUT2D eigenvalue weighted by Gasteiger charge is -2.31. The summed E-state index contributed by atoms with van der Waals surface area (Å²) in [5.41, 5.74) is 3.80. The average molecular weight is 312 g/mol. The second-order valence-electron chi connectivity index (χ2n) is 5.77. The van der Waals surface area contributed by atoms with Crippen LogP contribution in [0.3, 0.4) is 0 Å². The van der Waals surface area contributed by atoms with Gasteiger partial charge in [-0.1, -0.05) is 29.8 Å². The van der Waals surface area contributed by atoms with Gasteiger partial charge in [0.2, 0.25) is 0 Å². The molecular weight excluding hydrogens is 294 g/mol. The summed E-state index contributed by atoms with van der Waals surface area (Å²) in [6.07, 6.45) is 3.42. The van der Waals surface area contributed by atoms with E-state index in [0.29, 0.717) is 6.42 Å². The van der Waals surface area contributed by atoms with Crippen LogP contribution in [0.5, 0.6) is 5.75 Å². The van der Waals surface area contributed by atoms with Crippen molar-refractivity contribution in [2.24, 2.45) is 0 Å². The number of nitrogens with zero attached hydrogens (tertiary/aromatic N) is 1. The zero-order chi connectivity index (χ0) is 15.6. The molecule has 1 aliphatic rings. The van der Waals surface area contributed by atoms with Gasteiger partial charge in [-0.3, -0.25) is 0 Å². The van der Waals surface area contributed by atoms with Gasteiger partial charge in [-0.2, -0.15) is 5.26 Å². The molecule has 0 bridgehead atoms. The van der Waals surface area contributed by atoms with Crippen molar-refractivity contribution in [3.8, 4) is 11.8 Å². The third-order valence-corrected chi connectivity index (χ3v) is 4.95. The fraction of sp³-hybridized carbons (Fsp3) is 0.316. The lowest BCUT2D eigenvalue weighted by Crippen LogP contribution is -2.24. The van der Waals surface area contributed by atoms with Crippen LogP contribution in [0.4, 0.5) is 0 Å². The van der Waals surface area contributed by atoms with Gasteiger partial charge in [-0.05, 0) is 60.2 Å². The van der Waals surface area contributed by atoms with Crippen molar-refractivity contribution in [2.45, 2.75) is 31.1 Å². The number of methoxy groups -OCH3 is 1. The Bertz CT molecular complexity index is 717. The smallest absolute Gasteiger partial charge is 0.118 e. The number of nitriles is 1. The van der Waals surface area contributed by atoms with Crippen LogP contribution in [0, 0.1) is 11.3 Å². The fourth-order valence-corrected chi connectivity index (χ4v) is 3.80. The molecule has 1 unspecified atom stereocenters. The SMILES string of the molecule is COc1ccc(C2(CCC#N)CCc3cc(Cl)ccc32)cc1. The Balaban J connectivity index is 2.09. The Morgan fingerprint density at radius 3 is 2.68 bits per heavy atom. The predicted octanol–water partition coefficient (Wildman–Crippen LogP) is 4.88. The minimum absolute atomic E-state index is 0.0814. The van der Waals surface area contributed by atoms with Gasteiger partial charge in [0, 0.05) is 16.9 Å². The highest BCUT2D eigenvalue weighted by molar-refractivity contribution is 6.30. The quantitative estimate of drug-likeness (QED) is 0.805. The largest absolute Gasteiger partial charge is 0.497 e. The minimum Gasteiger partial charge on any atom is -0.497 e. The van der Waals surface area contributed by atoms with Crippen molar-refractivity contribution in [2.75, 3.05) is 7.11 Å². The van der Waals surface area contributed by atoms with Crippen LogP contribution < -0.4 is 4.74 Å². The van der Waals surface area contributed by atoms with Crippen LogP contribution in [0.15, 0.2) is 42.5 Å². The van der Waals surface area contributed by atoms with Gasteiger partial charge in [0.15, 0.2) is 0 Å². The summed E-state index contributed by atoms with van der Waals surface area (Å²) in [4.78, 5) is 0. The summed E-state index contributed by atoms with van der Waals surface area (Å²) in [7, 11) is 1.67. The zero-order valence-electron chi connectivity index (χ0n) is 12.6. The van der Waals surface area contributed by atoms with E-state index in [2.05, 4.69) is 30.3 Å². The Labute approximate surface area is 136 Å². The summed E-state index contributed by atoms with van der Waals surface area (Å²) in [6, 6.07) is 16.7. The molecule has 0 radical (unpaired) electrons. The van der Waals surface area contributed by atoms with E-state index >= 15 is 0 Å². The lowest BCUT2D eigenvalue weighted by atomic mass is 9.72. The normalized spacial score (nSPS) is 19.5. The third kappa shape index (κ3) is 2.46. The first-order valence-electron chi connectivity index (χ1n) is 7.50. The van der Waals surface area contributed by atoms with Crippen molar-refractivity contribution >= 4 is 11.6 Å². The molecule has 3 rings (SSSR count). The number of benzene rings is 2. The first kappa shape index (κ1) is 14.9. The van der Waals surface area contributed by atoms with Crippen molar-refractivity contribution in [3.63, 3.8) is 0 Å². The average Bonchev–Trinajstić information content (AvgIpc) is 2.92. The van der Waals surface area contributed by atoms with Crippen molar-refractivity contribution in [3.05, 3.63) is 64.2 Å². The molecule has 1 aliphatic carbocycles. The summed E-state index contributed by atoms with van der Waals surface area (Å²) in [5.74, 6) is 0.855. The van der Waals surface area contributed by atoms with Crippen LogP contribution in [-0.4, -0.2) is 7.11 Å². The van der Waals surface area contributed by atoms with Gasteiger partial charge in [-0.25, -0.2) is 0 Å². The molecule has 0 heterocycles. The van der Waals surface area contributed by atoms with Gasteiger partial charge in [0.05, 0.1) is 13.2 Å². The first-order chi connectivity index (χ1) is 10.7. The van der Waals surface area contributed by atoms with E-state index in [1.807, 2.05) is 18.2 Å². The second-order valence-corrected chi connectivity index (χ2v) is 6.21. The number of rotatable bonds is 4. The molecule has 0 aliphatic heterocycles. The molecule has 0 saturated carbocycles. The van der Waals surface area contributed by atoms with Gasteiger partial charge < -0.3 is 4.74 Å². The number of ether oxygens (including phenoxy) is 1. The molecule has 0 aromatic heterocycles. The van der Waals surface area contributed by atoms with Crippen molar-refractivity contribution < 1.29 is 4.74 Å². The molecule has 3 heteroatoms. The molecular formula is C19H18ClNO. The predicted molar refractivity (Wildman–Crippen MR) is 88.4 cm³/mol. The van der Waals surface area contributed by atoms with Gasteiger partial charge >= 0.3 is 0 Å². The zero-order valence-corrected chi connectivity index (χ0v) is 13.4. The van der Waals surface area contributed by atoms with Crippen LogP contribution in [-0.2, 0) is 11.8 Å². The van der Waals surface area contributed by atoms with Crippen molar-refractivity contribution in [1.29, 1.82) is 5.26 Å². The highest BCUT2D eigenvalue weighted by Gasteiger charge is 2.39. The molecule has 0 amide bonds. The van der Waals surface area contributed by atoms with Crippen LogP contribution in [0.25, 0.3) is 0 Å². The molecule has 0 N–H and O–H groups in total. The number of halogens is 1. The minimum atomic E-state index is -0.0814. The number of fused-ring (bicyclic) bond motifs is 1. The third-order valence-electron chi connectivity index (χ3n) is 4.71. The van der Waals surface area contributed by atoms with Gasteiger partial charge in [0.1, 0.15) is 5.75 Å². The van der Waals surface area contributed by atoms with E-state index < -0.39 is 0 Å². The van der Waals surface area contributed by atoms with Crippen LogP contribution >= 0.6 is 11.6 Å². The standard InChI is InChI=1S/C19H18ClNO/c1-22-17-6-3-15(4-7-17)19(10-2-12-21)11-9-14-13-16(20)5-8-18(14)19/h3-8,13H,2,9-11H2,1H3. The van der Waals surface area contributed by atoms with Crippen LogP contribution in [0.2, 0.25) is 5.02 Å². The Morgan fingerprint density at radius 1 is 1.23 bits per heavy atom. The lowest BCUT2D eigenvalue weighted by molar-refractivity contribution is 0.413. The number of aryl methyl sites for hydroxylation is 1. The topological polar surface area (TPSA) is 33.0 Å². The van der Waals surface area contributed by atoms with E-state index in [9.17, 15) is 0 Å². The summed E-state index contributed by atoms with van der Waals surface area (Å²) < 4.78 is 5.26. The highest BCUT2D eigenvalue weighted by atomic mass is 35.5. The van der Waals surface area contributed by atoms with Gasteiger partial charge in [0.25, 0.3) is 0 Å². The Morgan fingerprint density at radius 2 is 2.00 bits per heavy atom. The molecule has 112 valence electrons. The molecule has 2 aromatic carbocycles. The second kappa shape index (κ2) is 6.02. The molecule has 1 atom stereocenters. The molecule has 22 heavy (non-hydrogen) atoms. The summed E-state index contributed by atoms with van der Waals surface area (Å²) >= 11 is 6.14. The highest BCUT2D eigenvalue weighted by Crippen LogP contribution is 2.48. The van der Waals surface area contributed by atoms with E-state index in [4.69, 9.17) is 21.6 Å². The maximum absolute atomic E-state index is 9.07. The fourth-order valence-electron chi connectivity index (χ4n) is 3.60. The number of hydrogen-bond acceptors (Lipinski definition) is 2. The first-order valence-corrected chi connectivity index (χ1v) is 7.88. The van der Waals surface area contributed by atoms with Crippen molar-refractivity contribution in [1.82, 2.24) is 0 Å². The summed E-state index contributed by atoms with van der Waals surface area (Å²) in [6.45, 7) is 0. The monoisotopic (exact) mass is 311 g/mol. The van der Waals surface area contributed by atoms with E-state index in [0.717, 1.165) is 30.0 Å². The van der Waals surface area contributed by atoms with Gasteiger partial charge in [-0.15, -0.1) is 0 Å². The molecule has 2 nitrogen and oxygen atoms in total. The van der Waals surface area contributed by atoms with Crippen LogP contribution in [0.1, 0.15) is 36.0 Å². The molecule has 0 fully saturated rings. The maximum atomic E-state index is 9.07. The van der Waals surface area contributed by atoms with E-state index in [1.54, 1.807) is 7.11 Å². The Kier molecular flexibility index (Phi) is 4.09. The van der Waals surface area contributed by atoms with E-state index in [-0.39, 0.29) is 5.41 Å². The van der Waals surface area contributed by atoms with E-state index in [1.165, 1.54) is 16.7 Å². The summed E-state index contributed by atoms with van der Waals surface area (Å²) in [5, 5.41) is 9.85. The Hall–Kier alpha value is -1.98. The maximum Gasteiger partial charge on any atom is 0.118 e. The molecule has 0 spiro atoms.